The van der Waals surface area contributed by atoms with Crippen LogP contribution in [0.5, 0.6) is 5.75 Å². The largest absolute Gasteiger partial charge is 0.492 e. The molecule has 0 fully saturated rings. The lowest BCUT2D eigenvalue weighted by atomic mass is 10.1. The van der Waals surface area contributed by atoms with Crippen molar-refractivity contribution in [3.63, 3.8) is 0 Å². The molecule has 0 aliphatic heterocycles. The van der Waals surface area contributed by atoms with E-state index in [-0.39, 0.29) is 5.57 Å². The summed E-state index contributed by atoms with van der Waals surface area (Å²) in [5.74, 6) is 0.0997. The molecule has 0 aliphatic carbocycles. The van der Waals surface area contributed by atoms with Crippen LogP contribution >= 0.6 is 0 Å². The van der Waals surface area contributed by atoms with Gasteiger partial charge in [-0.05, 0) is 31.2 Å². The molecule has 3 rings (SSSR count). The summed E-state index contributed by atoms with van der Waals surface area (Å²) in [6, 6.07) is 16.8. The lowest BCUT2D eigenvalue weighted by Gasteiger charge is -2.10. The number of amides is 1. The van der Waals surface area contributed by atoms with Crippen LogP contribution in [0.2, 0.25) is 0 Å². The molecule has 5 heteroatoms. The molecule has 0 atom stereocenters. The van der Waals surface area contributed by atoms with Crippen molar-refractivity contribution in [1.82, 2.24) is 4.98 Å². The Hall–Kier alpha value is -3.52. The summed E-state index contributed by atoms with van der Waals surface area (Å²) in [4.78, 5) is 15.6. The van der Waals surface area contributed by atoms with Crippen molar-refractivity contribution in [2.24, 2.45) is 0 Å². The zero-order valence-corrected chi connectivity index (χ0v) is 13.7. The van der Waals surface area contributed by atoms with Gasteiger partial charge in [0.15, 0.2) is 0 Å². The van der Waals surface area contributed by atoms with E-state index in [9.17, 15) is 10.1 Å². The van der Waals surface area contributed by atoms with E-state index in [4.69, 9.17) is 4.74 Å². The quantitative estimate of drug-likeness (QED) is 0.545. The minimum absolute atomic E-state index is 0.0241. The van der Waals surface area contributed by atoms with Crippen LogP contribution in [0.25, 0.3) is 17.0 Å². The van der Waals surface area contributed by atoms with Gasteiger partial charge in [-0.2, -0.15) is 5.26 Å². The number of hydrogen-bond acceptors (Lipinski definition) is 3. The molecule has 2 aromatic carbocycles. The number of para-hydroxylation sites is 3. The van der Waals surface area contributed by atoms with Gasteiger partial charge >= 0.3 is 0 Å². The molecule has 0 radical (unpaired) electrons. The van der Waals surface area contributed by atoms with E-state index < -0.39 is 5.91 Å². The highest BCUT2D eigenvalue weighted by molar-refractivity contribution is 6.11. The average Bonchev–Trinajstić information content (AvgIpc) is 3.04. The molecule has 0 saturated heterocycles. The number of nitrogens with zero attached hydrogens (tertiary/aromatic N) is 1. The van der Waals surface area contributed by atoms with Gasteiger partial charge in [0.1, 0.15) is 17.4 Å². The summed E-state index contributed by atoms with van der Waals surface area (Å²) in [6.45, 7) is 2.36. The number of benzene rings is 2. The first kappa shape index (κ1) is 16.3. The number of fused-ring (bicyclic) bond motifs is 1. The minimum atomic E-state index is -0.472. The highest BCUT2D eigenvalue weighted by Gasteiger charge is 2.13. The topological polar surface area (TPSA) is 77.9 Å². The Balaban J connectivity index is 1.89. The predicted octanol–water partition coefficient (Wildman–Crippen LogP) is 4.11. The van der Waals surface area contributed by atoms with E-state index in [1.165, 1.54) is 0 Å². The van der Waals surface area contributed by atoms with Crippen LogP contribution in [0.4, 0.5) is 5.69 Å². The van der Waals surface area contributed by atoms with Gasteiger partial charge in [-0.15, -0.1) is 0 Å². The predicted molar refractivity (Wildman–Crippen MR) is 98.1 cm³/mol. The average molecular weight is 331 g/mol. The van der Waals surface area contributed by atoms with E-state index in [2.05, 4.69) is 10.3 Å². The maximum absolute atomic E-state index is 12.5. The molecule has 0 spiro atoms. The lowest BCUT2D eigenvalue weighted by molar-refractivity contribution is -0.112. The number of H-pyrrole nitrogens is 1. The maximum atomic E-state index is 12.5. The second kappa shape index (κ2) is 7.37. The van der Waals surface area contributed by atoms with Gasteiger partial charge in [-0.25, -0.2) is 0 Å². The summed E-state index contributed by atoms with van der Waals surface area (Å²) in [7, 11) is 0. The second-order valence-electron chi connectivity index (χ2n) is 5.34. The standard InChI is InChI=1S/C20H17N3O2/c1-2-25-19-10-6-5-9-18(19)23-20(24)14(12-21)11-15-13-22-17-8-4-3-7-16(15)17/h3-11,13,22H,2H2,1H3,(H,23,24)/b14-11+. The highest BCUT2D eigenvalue weighted by Crippen LogP contribution is 2.25. The van der Waals surface area contributed by atoms with Crippen LogP contribution in [-0.2, 0) is 4.79 Å². The third-order valence-corrected chi connectivity index (χ3v) is 3.72. The van der Waals surface area contributed by atoms with E-state index >= 15 is 0 Å². The number of ether oxygens (including phenoxy) is 1. The van der Waals surface area contributed by atoms with Crippen molar-refractivity contribution in [1.29, 1.82) is 5.26 Å². The van der Waals surface area contributed by atoms with Gasteiger partial charge in [-0.1, -0.05) is 30.3 Å². The van der Waals surface area contributed by atoms with Crippen LogP contribution in [0.3, 0.4) is 0 Å². The number of rotatable bonds is 5. The molecule has 1 amide bonds. The fraction of sp³-hybridized carbons (Fsp3) is 0.100. The third-order valence-electron chi connectivity index (χ3n) is 3.72. The van der Waals surface area contributed by atoms with E-state index in [1.54, 1.807) is 30.5 Å². The number of nitriles is 1. The number of aromatic amines is 1. The van der Waals surface area contributed by atoms with E-state index in [1.807, 2.05) is 43.3 Å². The van der Waals surface area contributed by atoms with Crippen LogP contribution in [0, 0.1) is 11.3 Å². The summed E-state index contributed by atoms with van der Waals surface area (Å²) < 4.78 is 5.49. The number of aromatic nitrogens is 1. The number of carbonyl (C=O) groups is 1. The molecule has 124 valence electrons. The molecule has 0 aliphatic rings. The Morgan fingerprint density at radius 3 is 2.80 bits per heavy atom. The normalized spacial score (nSPS) is 11.1. The van der Waals surface area contributed by atoms with Gasteiger partial charge in [0.25, 0.3) is 5.91 Å². The SMILES string of the molecule is CCOc1ccccc1NC(=O)/C(C#N)=C/c1c[nH]c2ccccc12. The maximum Gasteiger partial charge on any atom is 0.266 e. The first-order valence-corrected chi connectivity index (χ1v) is 7.94. The van der Waals surface area contributed by atoms with Gasteiger partial charge in [0, 0.05) is 22.7 Å². The number of hydrogen-bond donors (Lipinski definition) is 2. The molecule has 3 aromatic rings. The van der Waals surface area contributed by atoms with Crippen LogP contribution < -0.4 is 10.1 Å². The van der Waals surface area contributed by atoms with Crippen molar-refractivity contribution in [3.8, 4) is 11.8 Å². The molecular weight excluding hydrogens is 314 g/mol. The van der Waals surface area contributed by atoms with Crippen LogP contribution in [-0.4, -0.2) is 17.5 Å². The van der Waals surface area contributed by atoms with Crippen LogP contribution in [0.1, 0.15) is 12.5 Å². The van der Waals surface area contributed by atoms with Gasteiger partial charge < -0.3 is 15.0 Å². The van der Waals surface area contributed by atoms with E-state index in [0.29, 0.717) is 18.0 Å². The molecule has 25 heavy (non-hydrogen) atoms. The molecule has 5 nitrogen and oxygen atoms in total. The minimum Gasteiger partial charge on any atom is -0.492 e. The Kier molecular flexibility index (Phi) is 4.82. The first-order chi connectivity index (χ1) is 12.2. The van der Waals surface area contributed by atoms with Crippen molar-refractivity contribution in [2.75, 3.05) is 11.9 Å². The third kappa shape index (κ3) is 3.54. The lowest BCUT2D eigenvalue weighted by Crippen LogP contribution is -2.14. The van der Waals surface area contributed by atoms with E-state index in [0.717, 1.165) is 16.5 Å². The number of carbonyl (C=O) groups excluding carboxylic acids is 1. The second-order valence-corrected chi connectivity index (χ2v) is 5.34. The number of anilines is 1. The summed E-state index contributed by atoms with van der Waals surface area (Å²) in [5, 5.41) is 13.1. The summed E-state index contributed by atoms with van der Waals surface area (Å²) >= 11 is 0. The van der Waals surface area contributed by atoms with Crippen molar-refractivity contribution in [2.45, 2.75) is 6.92 Å². The molecule has 2 N–H and O–H groups in total. The molecule has 0 bridgehead atoms. The Morgan fingerprint density at radius 1 is 1.24 bits per heavy atom. The van der Waals surface area contributed by atoms with Crippen LogP contribution in [0.15, 0.2) is 60.3 Å². The zero-order valence-electron chi connectivity index (χ0n) is 13.7. The zero-order chi connectivity index (χ0) is 17.6. The molecule has 0 saturated carbocycles. The Labute approximate surface area is 145 Å². The summed E-state index contributed by atoms with van der Waals surface area (Å²) in [5.41, 5.74) is 2.30. The Bertz CT molecular complexity index is 980. The highest BCUT2D eigenvalue weighted by atomic mass is 16.5. The fourth-order valence-electron chi connectivity index (χ4n) is 2.56. The fourth-order valence-corrected chi connectivity index (χ4v) is 2.56. The van der Waals surface area contributed by atoms with Crippen molar-refractivity contribution >= 4 is 28.6 Å². The monoisotopic (exact) mass is 331 g/mol. The van der Waals surface area contributed by atoms with Gasteiger partial charge in [0.2, 0.25) is 0 Å². The summed E-state index contributed by atoms with van der Waals surface area (Å²) in [6.07, 6.45) is 3.36. The van der Waals surface area contributed by atoms with Gasteiger partial charge in [0.05, 0.1) is 12.3 Å². The number of nitrogens with one attached hydrogen (secondary N) is 2. The molecule has 0 unspecified atom stereocenters. The molecular formula is C20H17N3O2. The first-order valence-electron chi connectivity index (χ1n) is 7.94. The Morgan fingerprint density at radius 2 is 2.00 bits per heavy atom. The molecule has 1 aromatic heterocycles. The van der Waals surface area contributed by atoms with Crippen molar-refractivity contribution in [3.05, 3.63) is 65.9 Å². The smallest absolute Gasteiger partial charge is 0.266 e. The molecule has 1 heterocycles. The van der Waals surface area contributed by atoms with Gasteiger partial charge in [-0.3, -0.25) is 4.79 Å². The van der Waals surface area contributed by atoms with Crippen molar-refractivity contribution < 1.29 is 9.53 Å².